The molecule has 2 rings (SSSR count). The van der Waals surface area contributed by atoms with Gasteiger partial charge in [0.15, 0.2) is 5.82 Å². The summed E-state index contributed by atoms with van der Waals surface area (Å²) >= 11 is 0. The van der Waals surface area contributed by atoms with E-state index in [1.54, 1.807) is 12.3 Å². The van der Waals surface area contributed by atoms with Crippen molar-refractivity contribution in [2.45, 2.75) is 37.9 Å². The third-order valence-corrected chi connectivity index (χ3v) is 4.12. The number of aromatic nitrogens is 5. The molecular weight excluding hydrogens is 282 g/mol. The Balaban J connectivity index is 2.16. The first kappa shape index (κ1) is 14.6. The first-order valence-corrected chi connectivity index (χ1v) is 7.66. The van der Waals surface area contributed by atoms with Crippen LogP contribution in [0.25, 0.3) is 0 Å². The summed E-state index contributed by atoms with van der Waals surface area (Å²) < 4.78 is 28.6. The average Bonchev–Trinajstić information content (AvgIpc) is 3.06. The van der Waals surface area contributed by atoms with Gasteiger partial charge in [-0.15, -0.1) is 10.2 Å². The Morgan fingerprint density at radius 1 is 1.50 bits per heavy atom. The van der Waals surface area contributed by atoms with Crippen LogP contribution >= 0.6 is 0 Å². The van der Waals surface area contributed by atoms with Crippen LogP contribution in [-0.2, 0) is 29.7 Å². The zero-order valence-electron chi connectivity index (χ0n) is 11.1. The van der Waals surface area contributed by atoms with Crippen LogP contribution in [0.1, 0.15) is 24.9 Å². The molecule has 9 nitrogen and oxygen atoms in total. The number of sulfonamides is 1. The summed E-state index contributed by atoms with van der Waals surface area (Å²) in [5.74, 6) is 0.278. The standard InChI is InChI=1S/C10H17N7O2S/c1-2-3-17-7-9(4-8(17)5-11)20(18,19)12-6-10-13-15-16-14-10/h4,7,12H,2-3,5-6,11H2,1H3,(H,13,14,15,16). The molecule has 0 radical (unpaired) electrons. The van der Waals surface area contributed by atoms with E-state index in [2.05, 4.69) is 25.3 Å². The zero-order chi connectivity index (χ0) is 14.6. The van der Waals surface area contributed by atoms with Gasteiger partial charge in [0, 0.05) is 25.0 Å². The number of nitrogens with zero attached hydrogens (tertiary/aromatic N) is 4. The lowest BCUT2D eigenvalue weighted by Crippen LogP contribution is -2.23. The van der Waals surface area contributed by atoms with E-state index >= 15 is 0 Å². The van der Waals surface area contributed by atoms with Crippen LogP contribution in [0.2, 0.25) is 0 Å². The summed E-state index contributed by atoms with van der Waals surface area (Å²) in [7, 11) is -3.61. The van der Waals surface area contributed by atoms with Crippen LogP contribution in [0.5, 0.6) is 0 Å². The monoisotopic (exact) mass is 299 g/mol. The molecule has 0 saturated heterocycles. The molecule has 0 amide bonds. The van der Waals surface area contributed by atoms with Crippen LogP contribution < -0.4 is 10.5 Å². The van der Waals surface area contributed by atoms with Crippen molar-refractivity contribution < 1.29 is 8.42 Å². The van der Waals surface area contributed by atoms with Gasteiger partial charge in [-0.05, 0) is 12.5 Å². The van der Waals surface area contributed by atoms with Crippen LogP contribution in [-0.4, -0.2) is 33.6 Å². The highest BCUT2D eigenvalue weighted by molar-refractivity contribution is 7.89. The van der Waals surface area contributed by atoms with E-state index in [0.29, 0.717) is 6.54 Å². The van der Waals surface area contributed by atoms with E-state index in [9.17, 15) is 8.42 Å². The van der Waals surface area contributed by atoms with Crippen LogP contribution in [0.3, 0.4) is 0 Å². The highest BCUT2D eigenvalue weighted by Gasteiger charge is 2.18. The predicted molar refractivity (Wildman–Crippen MR) is 70.8 cm³/mol. The van der Waals surface area contributed by atoms with Crippen molar-refractivity contribution in [1.82, 2.24) is 29.9 Å². The Morgan fingerprint density at radius 3 is 2.90 bits per heavy atom. The van der Waals surface area contributed by atoms with Crippen LogP contribution in [0, 0.1) is 0 Å². The maximum absolute atomic E-state index is 12.2. The van der Waals surface area contributed by atoms with Crippen molar-refractivity contribution in [2.24, 2.45) is 5.73 Å². The molecule has 0 aliphatic rings. The average molecular weight is 299 g/mol. The van der Waals surface area contributed by atoms with Crippen molar-refractivity contribution in [1.29, 1.82) is 0 Å². The fraction of sp³-hybridized carbons (Fsp3) is 0.500. The summed E-state index contributed by atoms with van der Waals surface area (Å²) in [6.45, 7) is 3.02. The highest BCUT2D eigenvalue weighted by atomic mass is 32.2. The number of rotatable bonds is 7. The molecule has 10 heteroatoms. The second-order valence-corrected chi connectivity index (χ2v) is 5.98. The van der Waals surface area contributed by atoms with E-state index in [-0.39, 0.29) is 17.3 Å². The minimum Gasteiger partial charge on any atom is -0.349 e. The predicted octanol–water partition coefficient (Wildman–Crippen LogP) is -0.652. The molecule has 0 unspecified atom stereocenters. The number of tetrazole rings is 1. The van der Waals surface area contributed by atoms with Gasteiger partial charge in [0.2, 0.25) is 10.0 Å². The van der Waals surface area contributed by atoms with Gasteiger partial charge >= 0.3 is 0 Å². The lowest BCUT2D eigenvalue weighted by atomic mass is 10.4. The van der Waals surface area contributed by atoms with E-state index in [0.717, 1.165) is 18.7 Å². The van der Waals surface area contributed by atoms with Gasteiger partial charge in [-0.3, -0.25) is 0 Å². The Morgan fingerprint density at radius 2 is 2.30 bits per heavy atom. The summed E-state index contributed by atoms with van der Waals surface area (Å²) in [4.78, 5) is 0.190. The molecule has 20 heavy (non-hydrogen) atoms. The van der Waals surface area contributed by atoms with E-state index in [1.807, 2.05) is 11.5 Å². The lowest BCUT2D eigenvalue weighted by molar-refractivity contribution is 0.578. The summed E-state index contributed by atoms with van der Waals surface area (Å²) in [6.07, 6.45) is 2.49. The Kier molecular flexibility index (Phi) is 4.47. The molecule has 0 fully saturated rings. The fourth-order valence-corrected chi connectivity index (χ4v) is 2.84. The quantitative estimate of drug-likeness (QED) is 0.622. The van der Waals surface area contributed by atoms with Crippen molar-refractivity contribution in [2.75, 3.05) is 0 Å². The minimum absolute atomic E-state index is 0.0181. The maximum Gasteiger partial charge on any atom is 0.242 e. The Bertz CT molecular complexity index is 647. The first-order chi connectivity index (χ1) is 9.56. The molecule has 0 spiro atoms. The smallest absolute Gasteiger partial charge is 0.242 e. The van der Waals surface area contributed by atoms with Gasteiger partial charge in [-0.2, -0.15) is 5.21 Å². The van der Waals surface area contributed by atoms with Gasteiger partial charge in [0.05, 0.1) is 11.4 Å². The van der Waals surface area contributed by atoms with Gasteiger partial charge in [-0.25, -0.2) is 13.1 Å². The van der Waals surface area contributed by atoms with Crippen molar-refractivity contribution >= 4 is 10.0 Å². The number of aromatic amines is 1. The molecule has 2 aromatic heterocycles. The lowest BCUT2D eigenvalue weighted by Gasteiger charge is -2.04. The summed E-state index contributed by atoms with van der Waals surface area (Å²) in [5.41, 5.74) is 6.40. The topological polar surface area (TPSA) is 132 Å². The van der Waals surface area contributed by atoms with Gasteiger partial charge < -0.3 is 10.3 Å². The molecule has 2 heterocycles. The Hall–Kier alpha value is -1.78. The van der Waals surface area contributed by atoms with E-state index in [4.69, 9.17) is 5.73 Å². The molecule has 0 aromatic carbocycles. The molecule has 0 aliphatic heterocycles. The van der Waals surface area contributed by atoms with Crippen molar-refractivity contribution in [3.63, 3.8) is 0 Å². The van der Waals surface area contributed by atoms with Gasteiger partial charge in [-0.1, -0.05) is 12.1 Å². The van der Waals surface area contributed by atoms with E-state index < -0.39 is 10.0 Å². The maximum atomic E-state index is 12.2. The second-order valence-electron chi connectivity index (χ2n) is 4.22. The Labute approximate surface area is 116 Å². The SMILES string of the molecule is CCCn1cc(S(=O)(=O)NCc2nn[nH]n2)cc1CN. The number of H-pyrrole nitrogens is 1. The molecule has 0 aliphatic carbocycles. The largest absolute Gasteiger partial charge is 0.349 e. The third kappa shape index (κ3) is 3.21. The second kappa shape index (κ2) is 6.11. The van der Waals surface area contributed by atoms with Crippen molar-refractivity contribution in [3.05, 3.63) is 23.8 Å². The number of nitrogens with one attached hydrogen (secondary N) is 2. The molecule has 2 aromatic rings. The summed E-state index contributed by atoms with van der Waals surface area (Å²) in [6, 6.07) is 1.58. The molecule has 4 N–H and O–H groups in total. The molecule has 0 bridgehead atoms. The zero-order valence-corrected chi connectivity index (χ0v) is 11.9. The molecule has 0 saturated carbocycles. The molecule has 0 atom stereocenters. The third-order valence-electron chi connectivity index (χ3n) is 2.75. The normalized spacial score (nSPS) is 11.9. The van der Waals surface area contributed by atoms with Crippen molar-refractivity contribution in [3.8, 4) is 0 Å². The molecular formula is C10H17N7O2S. The minimum atomic E-state index is -3.61. The number of hydrogen-bond donors (Lipinski definition) is 3. The van der Waals surface area contributed by atoms with E-state index in [1.165, 1.54) is 0 Å². The van der Waals surface area contributed by atoms with Gasteiger partial charge in [0.25, 0.3) is 0 Å². The van der Waals surface area contributed by atoms with Crippen LogP contribution in [0.15, 0.2) is 17.2 Å². The van der Waals surface area contributed by atoms with Crippen LogP contribution in [0.4, 0.5) is 0 Å². The molecule has 110 valence electrons. The number of hydrogen-bond acceptors (Lipinski definition) is 6. The first-order valence-electron chi connectivity index (χ1n) is 6.18. The number of aryl methyl sites for hydroxylation is 1. The van der Waals surface area contributed by atoms with Gasteiger partial charge in [0.1, 0.15) is 0 Å². The highest BCUT2D eigenvalue weighted by Crippen LogP contribution is 2.15. The fourth-order valence-electron chi connectivity index (χ4n) is 1.79. The number of nitrogens with two attached hydrogens (primary N) is 1. The summed E-state index contributed by atoms with van der Waals surface area (Å²) in [5, 5.41) is 13.0.